The molecule has 0 amide bonds. The largest absolute Gasteiger partial charge is 0.392 e. The first-order valence-corrected chi connectivity index (χ1v) is 5.56. The molecule has 0 fully saturated rings. The lowest BCUT2D eigenvalue weighted by atomic mass is 10.0. The first-order chi connectivity index (χ1) is 8.22. The van der Waals surface area contributed by atoms with Crippen molar-refractivity contribution in [3.05, 3.63) is 42.0 Å². The molecular weight excluding hydrogens is 212 g/mol. The SMILES string of the molecule is CC(O)CNc1ccc(C#N)c2ccccc12. The van der Waals surface area contributed by atoms with E-state index in [0.29, 0.717) is 12.1 Å². The van der Waals surface area contributed by atoms with Crippen LogP contribution >= 0.6 is 0 Å². The van der Waals surface area contributed by atoms with Gasteiger partial charge in [-0.25, -0.2) is 0 Å². The number of benzene rings is 2. The zero-order valence-electron chi connectivity index (χ0n) is 9.64. The van der Waals surface area contributed by atoms with Crippen molar-refractivity contribution in [3.8, 4) is 6.07 Å². The molecule has 0 saturated carbocycles. The minimum Gasteiger partial charge on any atom is -0.392 e. The van der Waals surface area contributed by atoms with E-state index in [1.165, 1.54) is 0 Å². The van der Waals surface area contributed by atoms with Gasteiger partial charge in [0.2, 0.25) is 0 Å². The van der Waals surface area contributed by atoms with Gasteiger partial charge in [-0.15, -0.1) is 0 Å². The average molecular weight is 226 g/mol. The normalized spacial score (nSPS) is 12.1. The molecular formula is C14H14N2O. The molecule has 0 aliphatic rings. The van der Waals surface area contributed by atoms with Gasteiger partial charge in [-0.1, -0.05) is 24.3 Å². The monoisotopic (exact) mass is 226 g/mol. The van der Waals surface area contributed by atoms with Crippen LogP contribution in [0.1, 0.15) is 12.5 Å². The van der Waals surface area contributed by atoms with Gasteiger partial charge in [0.1, 0.15) is 0 Å². The predicted octanol–water partition coefficient (Wildman–Crippen LogP) is 2.50. The van der Waals surface area contributed by atoms with Crippen LogP contribution in [-0.4, -0.2) is 17.8 Å². The molecule has 1 atom stereocenters. The third-order valence-corrected chi connectivity index (χ3v) is 2.63. The molecule has 0 aliphatic heterocycles. The third-order valence-electron chi connectivity index (χ3n) is 2.63. The number of fused-ring (bicyclic) bond motifs is 1. The van der Waals surface area contributed by atoms with Crippen LogP contribution in [0, 0.1) is 11.3 Å². The summed E-state index contributed by atoms with van der Waals surface area (Å²) in [4.78, 5) is 0. The van der Waals surface area contributed by atoms with Crippen LogP contribution < -0.4 is 5.32 Å². The zero-order valence-corrected chi connectivity index (χ0v) is 9.64. The van der Waals surface area contributed by atoms with Crippen LogP contribution in [0.4, 0.5) is 5.69 Å². The standard InChI is InChI=1S/C14H14N2O/c1-10(17)9-16-14-7-6-11(8-15)12-4-2-3-5-13(12)14/h2-7,10,16-17H,9H2,1H3. The van der Waals surface area contributed by atoms with E-state index in [1.807, 2.05) is 30.3 Å². The molecule has 3 nitrogen and oxygen atoms in total. The fraction of sp³-hybridized carbons (Fsp3) is 0.214. The van der Waals surface area contributed by atoms with Crippen molar-refractivity contribution < 1.29 is 5.11 Å². The fourth-order valence-corrected chi connectivity index (χ4v) is 1.81. The maximum Gasteiger partial charge on any atom is 0.0998 e. The van der Waals surface area contributed by atoms with Gasteiger partial charge in [-0.2, -0.15) is 5.26 Å². The fourth-order valence-electron chi connectivity index (χ4n) is 1.81. The topological polar surface area (TPSA) is 56.0 Å². The van der Waals surface area contributed by atoms with E-state index in [4.69, 9.17) is 5.26 Å². The Labute approximate surface area is 100 Å². The van der Waals surface area contributed by atoms with E-state index >= 15 is 0 Å². The Morgan fingerprint density at radius 3 is 2.59 bits per heavy atom. The second-order valence-corrected chi connectivity index (χ2v) is 4.05. The second kappa shape index (κ2) is 4.86. The quantitative estimate of drug-likeness (QED) is 0.845. The molecule has 0 saturated heterocycles. The summed E-state index contributed by atoms with van der Waals surface area (Å²) >= 11 is 0. The minimum atomic E-state index is -0.399. The van der Waals surface area contributed by atoms with Crippen LogP contribution in [0.25, 0.3) is 10.8 Å². The second-order valence-electron chi connectivity index (χ2n) is 4.05. The highest BCUT2D eigenvalue weighted by Crippen LogP contribution is 2.26. The number of rotatable bonds is 3. The van der Waals surface area contributed by atoms with Crippen molar-refractivity contribution in [2.75, 3.05) is 11.9 Å². The average Bonchev–Trinajstić information content (AvgIpc) is 2.35. The van der Waals surface area contributed by atoms with E-state index in [0.717, 1.165) is 16.5 Å². The molecule has 3 heteroatoms. The Hall–Kier alpha value is -2.05. The molecule has 2 aromatic carbocycles. The summed E-state index contributed by atoms with van der Waals surface area (Å²) in [5.41, 5.74) is 1.61. The molecule has 0 aliphatic carbocycles. The smallest absolute Gasteiger partial charge is 0.0998 e. The molecule has 1 unspecified atom stereocenters. The first-order valence-electron chi connectivity index (χ1n) is 5.56. The summed E-state index contributed by atoms with van der Waals surface area (Å²) in [6.45, 7) is 2.23. The molecule has 86 valence electrons. The Bertz CT molecular complexity index is 570. The number of nitrogens with one attached hydrogen (secondary N) is 1. The van der Waals surface area contributed by atoms with Crippen molar-refractivity contribution >= 4 is 16.5 Å². The van der Waals surface area contributed by atoms with Crippen LogP contribution in [0.3, 0.4) is 0 Å². The molecule has 0 heterocycles. The van der Waals surface area contributed by atoms with Crippen molar-refractivity contribution in [1.29, 1.82) is 5.26 Å². The summed E-state index contributed by atoms with van der Waals surface area (Å²) < 4.78 is 0. The van der Waals surface area contributed by atoms with E-state index in [2.05, 4.69) is 11.4 Å². The van der Waals surface area contributed by atoms with E-state index in [-0.39, 0.29) is 0 Å². The highest BCUT2D eigenvalue weighted by atomic mass is 16.3. The Kier molecular flexibility index (Phi) is 3.27. The summed E-state index contributed by atoms with van der Waals surface area (Å²) in [6, 6.07) is 13.6. The highest BCUT2D eigenvalue weighted by molar-refractivity contribution is 5.97. The van der Waals surface area contributed by atoms with Crippen LogP contribution in [0.2, 0.25) is 0 Å². The van der Waals surface area contributed by atoms with Gasteiger partial charge < -0.3 is 10.4 Å². The van der Waals surface area contributed by atoms with Crippen molar-refractivity contribution in [1.82, 2.24) is 0 Å². The van der Waals surface area contributed by atoms with Crippen molar-refractivity contribution in [3.63, 3.8) is 0 Å². The first kappa shape index (κ1) is 11.4. The van der Waals surface area contributed by atoms with Gasteiger partial charge in [-0.05, 0) is 19.1 Å². The van der Waals surface area contributed by atoms with Crippen molar-refractivity contribution in [2.24, 2.45) is 0 Å². The third kappa shape index (κ3) is 2.38. The van der Waals surface area contributed by atoms with Gasteiger partial charge in [0.15, 0.2) is 0 Å². The molecule has 17 heavy (non-hydrogen) atoms. The van der Waals surface area contributed by atoms with E-state index < -0.39 is 6.10 Å². The summed E-state index contributed by atoms with van der Waals surface area (Å²) in [7, 11) is 0. The van der Waals surface area contributed by atoms with E-state index in [9.17, 15) is 5.11 Å². The number of nitriles is 1. The van der Waals surface area contributed by atoms with Crippen LogP contribution in [-0.2, 0) is 0 Å². The highest BCUT2D eigenvalue weighted by Gasteiger charge is 2.05. The van der Waals surface area contributed by atoms with Gasteiger partial charge in [0.05, 0.1) is 17.7 Å². The Morgan fingerprint density at radius 2 is 1.94 bits per heavy atom. The van der Waals surface area contributed by atoms with Crippen molar-refractivity contribution in [2.45, 2.75) is 13.0 Å². The van der Waals surface area contributed by atoms with Crippen LogP contribution in [0.5, 0.6) is 0 Å². The number of aliphatic hydroxyl groups excluding tert-OH is 1. The summed E-state index contributed by atoms with van der Waals surface area (Å²) in [5, 5.41) is 23.4. The van der Waals surface area contributed by atoms with Gasteiger partial charge >= 0.3 is 0 Å². The molecule has 0 radical (unpaired) electrons. The Morgan fingerprint density at radius 1 is 1.24 bits per heavy atom. The molecule has 0 bridgehead atoms. The van der Waals surface area contributed by atoms with Gasteiger partial charge in [0.25, 0.3) is 0 Å². The molecule has 2 aromatic rings. The summed E-state index contributed by atoms with van der Waals surface area (Å²) in [6.07, 6.45) is -0.399. The number of hydrogen-bond acceptors (Lipinski definition) is 3. The molecule has 0 aromatic heterocycles. The summed E-state index contributed by atoms with van der Waals surface area (Å²) in [5.74, 6) is 0. The minimum absolute atomic E-state index is 0.399. The lowest BCUT2D eigenvalue weighted by Crippen LogP contribution is -2.15. The zero-order chi connectivity index (χ0) is 12.3. The van der Waals surface area contributed by atoms with Crippen LogP contribution in [0.15, 0.2) is 36.4 Å². The lowest BCUT2D eigenvalue weighted by Gasteiger charge is -2.11. The van der Waals surface area contributed by atoms with Gasteiger partial charge in [-0.3, -0.25) is 0 Å². The maximum atomic E-state index is 9.27. The Balaban J connectivity index is 2.48. The predicted molar refractivity (Wildman–Crippen MR) is 68.8 cm³/mol. The number of aliphatic hydroxyl groups is 1. The number of nitrogens with zero attached hydrogens (tertiary/aromatic N) is 1. The van der Waals surface area contributed by atoms with Gasteiger partial charge in [0, 0.05) is 23.0 Å². The molecule has 2 N–H and O–H groups in total. The molecule has 2 rings (SSSR count). The molecule has 0 spiro atoms. The number of anilines is 1. The maximum absolute atomic E-state index is 9.27. The number of hydrogen-bond donors (Lipinski definition) is 2. The van der Waals surface area contributed by atoms with E-state index in [1.54, 1.807) is 13.0 Å². The lowest BCUT2D eigenvalue weighted by molar-refractivity contribution is 0.208.